The molecule has 1 heterocycles. The molecule has 4 N–H and O–H groups in total. The Balaban J connectivity index is 2.30. The van der Waals surface area contributed by atoms with Crippen molar-refractivity contribution in [2.24, 2.45) is 0 Å². The van der Waals surface area contributed by atoms with Gasteiger partial charge >= 0.3 is 12.0 Å². The lowest BCUT2D eigenvalue weighted by Gasteiger charge is -2.16. The maximum atomic E-state index is 11.6. The van der Waals surface area contributed by atoms with Crippen molar-refractivity contribution in [1.82, 2.24) is 20.8 Å². The molecule has 0 saturated heterocycles. The molecule has 0 aliphatic heterocycles. The van der Waals surface area contributed by atoms with E-state index in [0.717, 1.165) is 5.56 Å². The Bertz CT molecular complexity index is 391. The van der Waals surface area contributed by atoms with Crippen LogP contribution in [0.4, 0.5) is 4.79 Å². The molecule has 0 bridgehead atoms. The number of nitrogens with zero attached hydrogens (tertiary/aromatic N) is 1. The molecule has 1 rings (SSSR count). The van der Waals surface area contributed by atoms with E-state index < -0.39 is 5.97 Å². The molecule has 100 valence electrons. The number of carbonyl (C=O) groups is 2. The third-order valence-electron chi connectivity index (χ3n) is 2.54. The molecule has 2 unspecified atom stereocenters. The molecule has 0 aliphatic carbocycles. The molecule has 7 heteroatoms. The second-order valence-corrected chi connectivity index (χ2v) is 4.20. The fourth-order valence-electron chi connectivity index (χ4n) is 1.46. The number of urea groups is 1. The summed E-state index contributed by atoms with van der Waals surface area (Å²) in [4.78, 5) is 22.0. The van der Waals surface area contributed by atoms with Crippen LogP contribution in [0.3, 0.4) is 0 Å². The smallest absolute Gasteiger partial charge is 0.315 e. The monoisotopic (exact) mass is 254 g/mol. The first kappa shape index (κ1) is 14.0. The highest BCUT2D eigenvalue weighted by Crippen LogP contribution is 2.08. The summed E-state index contributed by atoms with van der Waals surface area (Å²) in [7, 11) is 0. The Labute approximate surface area is 105 Å². The fraction of sp³-hybridized carbons (Fsp3) is 0.545. The zero-order valence-electron chi connectivity index (χ0n) is 10.4. The number of carbonyl (C=O) groups excluding carboxylic acids is 1. The van der Waals surface area contributed by atoms with Gasteiger partial charge in [0.2, 0.25) is 0 Å². The highest BCUT2D eigenvalue weighted by Gasteiger charge is 2.12. The van der Waals surface area contributed by atoms with Crippen LogP contribution >= 0.6 is 0 Å². The summed E-state index contributed by atoms with van der Waals surface area (Å²) in [6.45, 7) is 3.61. The predicted molar refractivity (Wildman–Crippen MR) is 65.0 cm³/mol. The molecule has 0 aliphatic rings. The van der Waals surface area contributed by atoms with Gasteiger partial charge in [0.05, 0.1) is 12.2 Å². The van der Waals surface area contributed by atoms with Crippen LogP contribution in [-0.4, -0.2) is 33.3 Å². The Morgan fingerprint density at radius 2 is 2.17 bits per heavy atom. The molecule has 7 nitrogen and oxygen atoms in total. The average Bonchev–Trinajstić information content (AvgIpc) is 2.79. The number of nitrogens with one attached hydrogen (secondary N) is 3. The first-order valence-corrected chi connectivity index (χ1v) is 5.76. The maximum Gasteiger partial charge on any atom is 0.315 e. The number of aliphatic carboxylic acids is 1. The summed E-state index contributed by atoms with van der Waals surface area (Å²) in [6, 6.07) is -0.658. The van der Waals surface area contributed by atoms with E-state index in [2.05, 4.69) is 20.8 Å². The SMILES string of the molecule is CC(CCC(=O)O)NC(=O)NC(C)c1cn[nH]c1. The fourth-order valence-corrected chi connectivity index (χ4v) is 1.46. The Hall–Kier alpha value is -2.05. The lowest BCUT2D eigenvalue weighted by Crippen LogP contribution is -2.41. The second kappa shape index (κ2) is 6.63. The van der Waals surface area contributed by atoms with E-state index in [-0.39, 0.29) is 24.5 Å². The van der Waals surface area contributed by atoms with Crippen molar-refractivity contribution in [1.29, 1.82) is 0 Å². The summed E-state index contributed by atoms with van der Waals surface area (Å²) in [5.41, 5.74) is 0.878. The minimum atomic E-state index is -0.865. The van der Waals surface area contributed by atoms with E-state index in [1.807, 2.05) is 6.92 Å². The minimum Gasteiger partial charge on any atom is -0.481 e. The van der Waals surface area contributed by atoms with Gasteiger partial charge in [-0.2, -0.15) is 5.10 Å². The number of hydrogen-bond acceptors (Lipinski definition) is 3. The molecule has 2 amide bonds. The van der Waals surface area contributed by atoms with Gasteiger partial charge in [-0.05, 0) is 20.3 Å². The highest BCUT2D eigenvalue weighted by atomic mass is 16.4. The Kier molecular flexibility index (Phi) is 5.16. The van der Waals surface area contributed by atoms with E-state index >= 15 is 0 Å². The number of aromatic amines is 1. The van der Waals surface area contributed by atoms with Crippen LogP contribution in [-0.2, 0) is 4.79 Å². The van der Waals surface area contributed by atoms with E-state index in [1.165, 1.54) is 0 Å². The van der Waals surface area contributed by atoms with Crippen molar-refractivity contribution in [2.75, 3.05) is 0 Å². The standard InChI is InChI=1S/C11H18N4O3/c1-7(3-4-10(16)17)14-11(18)15-8(2)9-5-12-13-6-9/h5-8H,3-4H2,1-2H3,(H,12,13)(H,16,17)(H2,14,15,18). The van der Waals surface area contributed by atoms with E-state index in [1.54, 1.807) is 19.3 Å². The van der Waals surface area contributed by atoms with Crippen molar-refractivity contribution < 1.29 is 14.7 Å². The van der Waals surface area contributed by atoms with Gasteiger partial charge in [0, 0.05) is 24.2 Å². The number of carboxylic acids is 1. The molecule has 0 saturated carbocycles. The van der Waals surface area contributed by atoms with Crippen LogP contribution in [0.15, 0.2) is 12.4 Å². The summed E-state index contributed by atoms with van der Waals surface area (Å²) >= 11 is 0. The topological polar surface area (TPSA) is 107 Å². The van der Waals surface area contributed by atoms with Crippen LogP contribution < -0.4 is 10.6 Å². The zero-order valence-corrected chi connectivity index (χ0v) is 10.4. The van der Waals surface area contributed by atoms with Gasteiger partial charge in [-0.15, -0.1) is 0 Å². The van der Waals surface area contributed by atoms with Crippen LogP contribution in [0.2, 0.25) is 0 Å². The van der Waals surface area contributed by atoms with E-state index in [4.69, 9.17) is 5.11 Å². The lowest BCUT2D eigenvalue weighted by molar-refractivity contribution is -0.137. The molecule has 18 heavy (non-hydrogen) atoms. The largest absolute Gasteiger partial charge is 0.481 e. The van der Waals surface area contributed by atoms with Crippen molar-refractivity contribution >= 4 is 12.0 Å². The number of H-pyrrole nitrogens is 1. The molecule has 0 aromatic carbocycles. The van der Waals surface area contributed by atoms with Crippen molar-refractivity contribution in [3.05, 3.63) is 18.0 Å². The van der Waals surface area contributed by atoms with Crippen LogP contribution in [0.1, 0.15) is 38.3 Å². The van der Waals surface area contributed by atoms with Gasteiger partial charge in [0.25, 0.3) is 0 Å². The van der Waals surface area contributed by atoms with E-state index in [0.29, 0.717) is 6.42 Å². The van der Waals surface area contributed by atoms with Crippen LogP contribution in [0.25, 0.3) is 0 Å². The first-order valence-electron chi connectivity index (χ1n) is 5.76. The summed E-state index contributed by atoms with van der Waals surface area (Å²) < 4.78 is 0. The Morgan fingerprint density at radius 1 is 1.44 bits per heavy atom. The summed E-state index contributed by atoms with van der Waals surface area (Å²) in [6.07, 6.45) is 3.79. The summed E-state index contributed by atoms with van der Waals surface area (Å²) in [5, 5.41) is 20.4. The van der Waals surface area contributed by atoms with Crippen molar-refractivity contribution in [3.8, 4) is 0 Å². The molecule has 1 aromatic rings. The third kappa shape index (κ3) is 4.86. The van der Waals surface area contributed by atoms with Gasteiger partial charge in [0.1, 0.15) is 0 Å². The molecule has 2 atom stereocenters. The number of amides is 2. The maximum absolute atomic E-state index is 11.6. The zero-order chi connectivity index (χ0) is 13.5. The van der Waals surface area contributed by atoms with Gasteiger partial charge in [0.15, 0.2) is 0 Å². The molecule has 0 radical (unpaired) electrons. The van der Waals surface area contributed by atoms with Gasteiger partial charge < -0.3 is 15.7 Å². The second-order valence-electron chi connectivity index (χ2n) is 4.20. The number of carboxylic acid groups (broad SMARTS) is 1. The van der Waals surface area contributed by atoms with E-state index in [9.17, 15) is 9.59 Å². The van der Waals surface area contributed by atoms with Gasteiger partial charge in [-0.25, -0.2) is 4.79 Å². The number of hydrogen-bond donors (Lipinski definition) is 4. The summed E-state index contributed by atoms with van der Waals surface area (Å²) in [5.74, 6) is -0.865. The predicted octanol–water partition coefficient (Wildman–Crippen LogP) is 1.02. The lowest BCUT2D eigenvalue weighted by atomic mass is 10.2. The highest BCUT2D eigenvalue weighted by molar-refractivity contribution is 5.74. The van der Waals surface area contributed by atoms with Crippen LogP contribution in [0.5, 0.6) is 0 Å². The molecular weight excluding hydrogens is 236 g/mol. The molecule has 0 fully saturated rings. The third-order valence-corrected chi connectivity index (χ3v) is 2.54. The average molecular weight is 254 g/mol. The van der Waals surface area contributed by atoms with Crippen LogP contribution in [0, 0.1) is 0 Å². The van der Waals surface area contributed by atoms with Crippen molar-refractivity contribution in [2.45, 2.75) is 38.8 Å². The number of rotatable bonds is 6. The molecule has 1 aromatic heterocycles. The molecule has 0 spiro atoms. The Morgan fingerprint density at radius 3 is 2.72 bits per heavy atom. The van der Waals surface area contributed by atoms with Crippen molar-refractivity contribution in [3.63, 3.8) is 0 Å². The normalized spacial score (nSPS) is 13.7. The number of aromatic nitrogens is 2. The molecular formula is C11H18N4O3. The minimum absolute atomic E-state index is 0.0404. The van der Waals surface area contributed by atoms with Gasteiger partial charge in [-0.1, -0.05) is 0 Å². The quantitative estimate of drug-likeness (QED) is 0.608. The first-order chi connectivity index (χ1) is 8.49. The van der Waals surface area contributed by atoms with Gasteiger partial charge in [-0.3, -0.25) is 9.89 Å².